The van der Waals surface area contributed by atoms with Crippen LogP contribution >= 0.6 is 11.3 Å². The second-order valence-corrected chi connectivity index (χ2v) is 5.70. The molecule has 0 aliphatic rings. The first kappa shape index (κ1) is 15.2. The molecule has 21 heavy (non-hydrogen) atoms. The molecule has 5 nitrogen and oxygen atoms in total. The van der Waals surface area contributed by atoms with Crippen LogP contribution in [0.25, 0.3) is 0 Å². The van der Waals surface area contributed by atoms with E-state index in [9.17, 15) is 9.59 Å². The number of nitrogens with one attached hydrogen (secondary N) is 2. The summed E-state index contributed by atoms with van der Waals surface area (Å²) in [6, 6.07) is 6.93. The molecule has 0 atom stereocenters. The van der Waals surface area contributed by atoms with Crippen molar-refractivity contribution in [3.63, 3.8) is 0 Å². The number of benzene rings is 1. The molecule has 6 heteroatoms. The Morgan fingerprint density at radius 3 is 2.67 bits per heavy atom. The Balaban J connectivity index is 2.13. The van der Waals surface area contributed by atoms with Gasteiger partial charge < -0.3 is 10.6 Å². The Morgan fingerprint density at radius 2 is 2.00 bits per heavy atom. The highest BCUT2D eigenvalue weighted by molar-refractivity contribution is 7.07. The van der Waals surface area contributed by atoms with Gasteiger partial charge in [0.25, 0.3) is 11.8 Å². The molecule has 1 aromatic heterocycles. The van der Waals surface area contributed by atoms with Gasteiger partial charge in [0.15, 0.2) is 0 Å². The summed E-state index contributed by atoms with van der Waals surface area (Å²) in [5.41, 5.74) is 2.87. The highest BCUT2D eigenvalue weighted by Crippen LogP contribution is 2.16. The van der Waals surface area contributed by atoms with Crippen LogP contribution in [0.15, 0.2) is 35.2 Å². The Bertz CT molecular complexity index is 624. The lowest BCUT2D eigenvalue weighted by molar-refractivity contribution is 0.0950. The first-order valence-corrected chi connectivity index (χ1v) is 7.59. The van der Waals surface area contributed by atoms with E-state index in [1.165, 1.54) is 11.3 Å². The predicted molar refractivity (Wildman–Crippen MR) is 83.7 cm³/mol. The zero-order valence-corrected chi connectivity index (χ0v) is 12.7. The third-order valence-electron chi connectivity index (χ3n) is 2.76. The fourth-order valence-corrected chi connectivity index (χ4v) is 2.23. The van der Waals surface area contributed by atoms with Crippen molar-refractivity contribution in [1.29, 1.82) is 0 Å². The molecular formula is C15H17N3O2S. The average Bonchev–Trinajstić information content (AvgIpc) is 2.99. The molecule has 0 aliphatic heterocycles. The van der Waals surface area contributed by atoms with E-state index < -0.39 is 0 Å². The van der Waals surface area contributed by atoms with Gasteiger partial charge in [0.1, 0.15) is 5.69 Å². The highest BCUT2D eigenvalue weighted by atomic mass is 32.1. The van der Waals surface area contributed by atoms with E-state index in [4.69, 9.17) is 0 Å². The van der Waals surface area contributed by atoms with Gasteiger partial charge in [-0.3, -0.25) is 9.59 Å². The third-order valence-corrected chi connectivity index (χ3v) is 3.34. The van der Waals surface area contributed by atoms with E-state index in [2.05, 4.69) is 15.6 Å². The largest absolute Gasteiger partial charge is 0.352 e. The molecule has 0 bridgehead atoms. The van der Waals surface area contributed by atoms with Crippen LogP contribution in [-0.2, 0) is 0 Å². The number of carbonyl (C=O) groups is 2. The smallest absolute Gasteiger partial charge is 0.275 e. The van der Waals surface area contributed by atoms with Gasteiger partial charge in [0, 0.05) is 11.9 Å². The lowest BCUT2D eigenvalue weighted by Gasteiger charge is -2.12. The van der Waals surface area contributed by atoms with Gasteiger partial charge >= 0.3 is 0 Å². The van der Waals surface area contributed by atoms with Gasteiger partial charge in [-0.25, -0.2) is 4.98 Å². The summed E-state index contributed by atoms with van der Waals surface area (Å²) in [4.78, 5) is 28.1. The molecule has 0 spiro atoms. The van der Waals surface area contributed by atoms with Gasteiger partial charge in [0.05, 0.1) is 16.8 Å². The fourth-order valence-electron chi connectivity index (χ4n) is 1.69. The van der Waals surface area contributed by atoms with Crippen LogP contribution < -0.4 is 10.6 Å². The van der Waals surface area contributed by atoms with Gasteiger partial charge in [-0.1, -0.05) is 26.0 Å². The minimum atomic E-state index is -0.319. The molecular weight excluding hydrogens is 286 g/mol. The molecule has 0 saturated carbocycles. The maximum absolute atomic E-state index is 12.2. The van der Waals surface area contributed by atoms with Crippen molar-refractivity contribution in [1.82, 2.24) is 10.3 Å². The summed E-state index contributed by atoms with van der Waals surface area (Å²) >= 11 is 1.35. The summed E-state index contributed by atoms with van der Waals surface area (Å²) in [6.07, 6.45) is 0. The lowest BCUT2D eigenvalue weighted by atomic mass is 10.1. The number of carbonyl (C=O) groups excluding carboxylic acids is 2. The standard InChI is InChI=1S/C15H17N3O2S/c1-10(2)7-16-14(19)11-5-3-4-6-12(11)18-15(20)13-8-21-9-17-13/h3-6,8-10H,7H2,1-2H3,(H,16,19)(H,18,20). The maximum atomic E-state index is 12.2. The van der Waals surface area contributed by atoms with Crippen LogP contribution in [0.4, 0.5) is 5.69 Å². The number of thiazole rings is 1. The van der Waals surface area contributed by atoms with E-state index in [1.807, 2.05) is 13.8 Å². The molecule has 0 radical (unpaired) electrons. The van der Waals surface area contributed by atoms with E-state index in [-0.39, 0.29) is 11.8 Å². The van der Waals surface area contributed by atoms with E-state index in [0.717, 1.165) is 0 Å². The van der Waals surface area contributed by atoms with Crippen molar-refractivity contribution in [2.45, 2.75) is 13.8 Å². The van der Waals surface area contributed by atoms with Crippen LogP contribution in [0.2, 0.25) is 0 Å². The Labute approximate surface area is 127 Å². The second kappa shape index (κ2) is 6.99. The number of amides is 2. The number of hydrogen-bond donors (Lipinski definition) is 2. The summed E-state index contributed by atoms with van der Waals surface area (Å²) in [7, 11) is 0. The molecule has 2 rings (SSSR count). The Hall–Kier alpha value is -2.21. The molecule has 0 saturated heterocycles. The summed E-state index contributed by atoms with van der Waals surface area (Å²) in [5, 5.41) is 7.23. The first-order chi connectivity index (χ1) is 10.1. The van der Waals surface area contributed by atoms with Crippen molar-refractivity contribution in [2.75, 3.05) is 11.9 Å². The molecule has 110 valence electrons. The minimum absolute atomic E-state index is 0.196. The molecule has 2 amide bonds. The molecule has 1 heterocycles. The fraction of sp³-hybridized carbons (Fsp3) is 0.267. The molecule has 2 N–H and O–H groups in total. The van der Waals surface area contributed by atoms with E-state index >= 15 is 0 Å². The minimum Gasteiger partial charge on any atom is -0.352 e. The van der Waals surface area contributed by atoms with Crippen molar-refractivity contribution >= 4 is 28.8 Å². The number of rotatable bonds is 5. The summed E-state index contributed by atoms with van der Waals surface area (Å²) < 4.78 is 0. The number of nitrogens with zero attached hydrogens (tertiary/aromatic N) is 1. The molecule has 0 aliphatic carbocycles. The van der Waals surface area contributed by atoms with Gasteiger partial charge in [-0.15, -0.1) is 11.3 Å². The van der Waals surface area contributed by atoms with Crippen molar-refractivity contribution in [3.8, 4) is 0 Å². The quantitative estimate of drug-likeness (QED) is 0.892. The van der Waals surface area contributed by atoms with Gasteiger partial charge in [0.2, 0.25) is 0 Å². The third kappa shape index (κ3) is 4.13. The first-order valence-electron chi connectivity index (χ1n) is 6.64. The normalized spacial score (nSPS) is 10.4. The lowest BCUT2D eigenvalue weighted by Crippen LogP contribution is -2.28. The zero-order valence-electron chi connectivity index (χ0n) is 11.9. The molecule has 1 aromatic carbocycles. The maximum Gasteiger partial charge on any atom is 0.275 e. The SMILES string of the molecule is CC(C)CNC(=O)c1ccccc1NC(=O)c1cscn1. The van der Waals surface area contributed by atoms with Crippen LogP contribution in [0.5, 0.6) is 0 Å². The van der Waals surface area contributed by atoms with Crippen LogP contribution in [0, 0.1) is 5.92 Å². The summed E-state index contributed by atoms with van der Waals surface area (Å²) in [6.45, 7) is 4.64. The topological polar surface area (TPSA) is 71.1 Å². The van der Waals surface area contributed by atoms with Crippen LogP contribution in [-0.4, -0.2) is 23.3 Å². The van der Waals surface area contributed by atoms with Gasteiger partial charge in [-0.2, -0.15) is 0 Å². The average molecular weight is 303 g/mol. The molecule has 0 fully saturated rings. The van der Waals surface area contributed by atoms with Gasteiger partial charge in [-0.05, 0) is 18.1 Å². The number of anilines is 1. The highest BCUT2D eigenvalue weighted by Gasteiger charge is 2.14. The number of para-hydroxylation sites is 1. The molecule has 0 unspecified atom stereocenters. The van der Waals surface area contributed by atoms with Crippen molar-refractivity contribution in [3.05, 3.63) is 46.4 Å². The van der Waals surface area contributed by atoms with E-state index in [0.29, 0.717) is 29.4 Å². The summed E-state index contributed by atoms with van der Waals surface area (Å²) in [5.74, 6) is -0.149. The van der Waals surface area contributed by atoms with Crippen molar-refractivity contribution < 1.29 is 9.59 Å². The number of aromatic nitrogens is 1. The zero-order chi connectivity index (χ0) is 15.2. The number of hydrogen-bond acceptors (Lipinski definition) is 4. The predicted octanol–water partition coefficient (Wildman–Crippen LogP) is 2.78. The second-order valence-electron chi connectivity index (χ2n) is 4.98. The Morgan fingerprint density at radius 1 is 1.24 bits per heavy atom. The monoisotopic (exact) mass is 303 g/mol. The van der Waals surface area contributed by atoms with Crippen LogP contribution in [0.3, 0.4) is 0 Å². The van der Waals surface area contributed by atoms with Crippen LogP contribution in [0.1, 0.15) is 34.7 Å². The van der Waals surface area contributed by atoms with E-state index in [1.54, 1.807) is 35.2 Å². The Kier molecular flexibility index (Phi) is 5.05. The van der Waals surface area contributed by atoms with Crippen molar-refractivity contribution in [2.24, 2.45) is 5.92 Å². The molecule has 2 aromatic rings.